The molecule has 0 aliphatic rings. The summed E-state index contributed by atoms with van der Waals surface area (Å²) in [7, 11) is 0. The molecule has 18 heavy (non-hydrogen) atoms. The normalized spacial score (nSPS) is 13.9. The minimum atomic E-state index is -0.731. The molecule has 0 aromatic rings. The van der Waals surface area contributed by atoms with Crippen LogP contribution in [0, 0.1) is 11.8 Å². The Kier molecular flexibility index (Phi) is 9.33. The van der Waals surface area contributed by atoms with Gasteiger partial charge in [0.05, 0.1) is 0 Å². The van der Waals surface area contributed by atoms with Crippen LogP contribution in [0.1, 0.15) is 59.3 Å². The number of amides is 1. The van der Waals surface area contributed by atoms with E-state index in [1.54, 1.807) is 0 Å². The number of unbranched alkanes of at least 4 members (excludes halogenated alkanes) is 3. The van der Waals surface area contributed by atoms with Crippen molar-refractivity contribution in [2.45, 2.75) is 59.3 Å². The Morgan fingerprint density at radius 1 is 1.11 bits per heavy atom. The molecule has 0 fully saturated rings. The van der Waals surface area contributed by atoms with Gasteiger partial charge >= 0.3 is 5.97 Å². The van der Waals surface area contributed by atoms with Crippen LogP contribution in [-0.4, -0.2) is 23.5 Å². The predicted octanol–water partition coefficient (Wildman–Crippen LogP) is 2.82. The molecule has 0 bridgehead atoms. The van der Waals surface area contributed by atoms with E-state index in [4.69, 9.17) is 5.11 Å². The Morgan fingerprint density at radius 2 is 1.72 bits per heavy atom. The number of hydrogen-bond acceptors (Lipinski definition) is 2. The van der Waals surface area contributed by atoms with Gasteiger partial charge in [0.1, 0.15) is 0 Å². The largest absolute Gasteiger partial charge is 0.481 e. The quantitative estimate of drug-likeness (QED) is 0.591. The second kappa shape index (κ2) is 9.92. The van der Waals surface area contributed by atoms with Crippen molar-refractivity contribution in [3.05, 3.63) is 0 Å². The second-order valence-corrected chi connectivity index (χ2v) is 5.02. The average molecular weight is 257 g/mol. The number of carboxylic acids is 1. The first kappa shape index (κ1) is 16.9. The Labute approximate surface area is 110 Å². The third-order valence-corrected chi connectivity index (χ3v) is 3.53. The standard InChI is InChI=1S/C14H27NO3/c1-4-11(2)12(3)14(18)15-10-8-6-5-7-9-13(16)17/h11-12H,4-10H2,1-3H3,(H,15,18)(H,16,17). The highest BCUT2D eigenvalue weighted by atomic mass is 16.4. The fourth-order valence-electron chi connectivity index (χ4n) is 1.74. The van der Waals surface area contributed by atoms with Crippen LogP contribution < -0.4 is 5.32 Å². The Bertz CT molecular complexity index is 253. The Morgan fingerprint density at radius 3 is 2.28 bits per heavy atom. The molecule has 2 N–H and O–H groups in total. The smallest absolute Gasteiger partial charge is 0.303 e. The van der Waals surface area contributed by atoms with Gasteiger partial charge in [0.15, 0.2) is 0 Å². The summed E-state index contributed by atoms with van der Waals surface area (Å²) in [5.74, 6) is -0.108. The minimum absolute atomic E-state index is 0.0713. The van der Waals surface area contributed by atoms with Crippen LogP contribution in [0.3, 0.4) is 0 Å². The van der Waals surface area contributed by atoms with Crippen molar-refractivity contribution >= 4 is 11.9 Å². The van der Waals surface area contributed by atoms with E-state index in [0.717, 1.165) is 32.1 Å². The summed E-state index contributed by atoms with van der Waals surface area (Å²) in [6, 6.07) is 0. The van der Waals surface area contributed by atoms with Crippen LogP contribution in [0.25, 0.3) is 0 Å². The van der Waals surface area contributed by atoms with E-state index in [9.17, 15) is 9.59 Å². The number of hydrogen-bond donors (Lipinski definition) is 2. The molecule has 0 aliphatic carbocycles. The molecule has 4 nitrogen and oxygen atoms in total. The highest BCUT2D eigenvalue weighted by molar-refractivity contribution is 5.78. The molecule has 4 heteroatoms. The Hall–Kier alpha value is -1.06. The fraction of sp³-hybridized carbons (Fsp3) is 0.857. The Balaban J connectivity index is 3.49. The molecule has 1 amide bonds. The molecule has 2 atom stereocenters. The van der Waals surface area contributed by atoms with Gasteiger partial charge in [0, 0.05) is 18.9 Å². The van der Waals surface area contributed by atoms with Gasteiger partial charge in [-0.15, -0.1) is 0 Å². The number of nitrogens with one attached hydrogen (secondary N) is 1. The molecule has 106 valence electrons. The lowest BCUT2D eigenvalue weighted by Gasteiger charge is -2.17. The summed E-state index contributed by atoms with van der Waals surface area (Å²) in [6.45, 7) is 6.86. The molecular weight excluding hydrogens is 230 g/mol. The first-order valence-corrected chi connectivity index (χ1v) is 6.98. The van der Waals surface area contributed by atoms with Crippen molar-refractivity contribution < 1.29 is 14.7 Å². The molecule has 0 rings (SSSR count). The topological polar surface area (TPSA) is 66.4 Å². The molecule has 0 aromatic heterocycles. The van der Waals surface area contributed by atoms with E-state index in [1.807, 2.05) is 6.92 Å². The SMILES string of the molecule is CCC(C)C(C)C(=O)NCCCCCCC(=O)O. The maximum Gasteiger partial charge on any atom is 0.303 e. The zero-order chi connectivity index (χ0) is 14.0. The van der Waals surface area contributed by atoms with E-state index >= 15 is 0 Å². The number of carbonyl (C=O) groups excluding carboxylic acids is 1. The van der Waals surface area contributed by atoms with Crippen molar-refractivity contribution in [2.75, 3.05) is 6.54 Å². The van der Waals surface area contributed by atoms with Crippen LogP contribution in [-0.2, 0) is 9.59 Å². The third kappa shape index (κ3) is 8.09. The molecule has 0 heterocycles. The van der Waals surface area contributed by atoms with E-state index in [-0.39, 0.29) is 18.2 Å². The third-order valence-electron chi connectivity index (χ3n) is 3.53. The molecular formula is C14H27NO3. The number of rotatable bonds is 10. The summed E-state index contributed by atoms with van der Waals surface area (Å²) < 4.78 is 0. The van der Waals surface area contributed by atoms with Crippen LogP contribution >= 0.6 is 0 Å². The first-order valence-electron chi connectivity index (χ1n) is 6.98. The van der Waals surface area contributed by atoms with Gasteiger partial charge in [-0.25, -0.2) is 0 Å². The first-order chi connectivity index (χ1) is 8.49. The van der Waals surface area contributed by atoms with E-state index < -0.39 is 5.97 Å². The molecule has 0 aromatic carbocycles. The highest BCUT2D eigenvalue weighted by Gasteiger charge is 2.17. The van der Waals surface area contributed by atoms with Gasteiger partial charge in [0.2, 0.25) is 5.91 Å². The van der Waals surface area contributed by atoms with E-state index in [0.29, 0.717) is 12.5 Å². The minimum Gasteiger partial charge on any atom is -0.481 e. The number of carbonyl (C=O) groups is 2. The van der Waals surface area contributed by atoms with Crippen LogP contribution in [0.5, 0.6) is 0 Å². The summed E-state index contributed by atoms with van der Waals surface area (Å²) in [5.41, 5.74) is 0. The van der Waals surface area contributed by atoms with E-state index in [2.05, 4.69) is 19.2 Å². The maximum atomic E-state index is 11.7. The van der Waals surface area contributed by atoms with Crippen molar-refractivity contribution in [1.29, 1.82) is 0 Å². The monoisotopic (exact) mass is 257 g/mol. The summed E-state index contributed by atoms with van der Waals surface area (Å²) in [5, 5.41) is 11.4. The average Bonchev–Trinajstić information content (AvgIpc) is 2.35. The van der Waals surface area contributed by atoms with Crippen molar-refractivity contribution in [3.63, 3.8) is 0 Å². The lowest BCUT2D eigenvalue weighted by Crippen LogP contribution is -2.33. The molecule has 0 saturated carbocycles. The predicted molar refractivity (Wildman–Crippen MR) is 72.3 cm³/mol. The number of carboxylic acid groups (broad SMARTS) is 1. The number of aliphatic carboxylic acids is 1. The van der Waals surface area contributed by atoms with Gasteiger partial charge in [0.25, 0.3) is 0 Å². The van der Waals surface area contributed by atoms with Crippen molar-refractivity contribution in [2.24, 2.45) is 11.8 Å². The lowest BCUT2D eigenvalue weighted by molar-refractivity contribution is -0.137. The zero-order valence-electron chi connectivity index (χ0n) is 11.9. The van der Waals surface area contributed by atoms with Crippen LogP contribution in [0.2, 0.25) is 0 Å². The summed E-state index contributed by atoms with van der Waals surface area (Å²) in [4.78, 5) is 22.0. The second-order valence-electron chi connectivity index (χ2n) is 5.02. The van der Waals surface area contributed by atoms with Gasteiger partial charge in [-0.1, -0.05) is 40.0 Å². The van der Waals surface area contributed by atoms with Crippen molar-refractivity contribution in [1.82, 2.24) is 5.32 Å². The van der Waals surface area contributed by atoms with Gasteiger partial charge in [-0.05, 0) is 18.8 Å². The van der Waals surface area contributed by atoms with Gasteiger partial charge in [-0.2, -0.15) is 0 Å². The van der Waals surface area contributed by atoms with Gasteiger partial charge < -0.3 is 10.4 Å². The molecule has 0 radical (unpaired) electrons. The molecule has 0 aliphatic heterocycles. The van der Waals surface area contributed by atoms with E-state index in [1.165, 1.54) is 0 Å². The lowest BCUT2D eigenvalue weighted by atomic mass is 9.93. The fourth-order valence-corrected chi connectivity index (χ4v) is 1.74. The maximum absolute atomic E-state index is 11.7. The summed E-state index contributed by atoms with van der Waals surface area (Å²) in [6.07, 6.45) is 4.82. The highest BCUT2D eigenvalue weighted by Crippen LogP contribution is 2.14. The van der Waals surface area contributed by atoms with Gasteiger partial charge in [-0.3, -0.25) is 9.59 Å². The van der Waals surface area contributed by atoms with Crippen LogP contribution in [0.4, 0.5) is 0 Å². The van der Waals surface area contributed by atoms with Crippen molar-refractivity contribution in [3.8, 4) is 0 Å². The molecule has 0 spiro atoms. The molecule has 2 unspecified atom stereocenters. The summed E-state index contributed by atoms with van der Waals surface area (Å²) >= 11 is 0. The zero-order valence-corrected chi connectivity index (χ0v) is 11.9. The van der Waals surface area contributed by atoms with Crippen LogP contribution in [0.15, 0.2) is 0 Å². The molecule has 0 saturated heterocycles.